The maximum absolute atomic E-state index is 5.12. The molecule has 0 aromatic rings. The molecule has 0 rings (SSSR count). The Hall–Kier alpha value is 2.56. The second-order valence-corrected chi connectivity index (χ2v) is 21.3. The molecule has 0 heterocycles. The second kappa shape index (κ2) is 12.1. The van der Waals surface area contributed by atoms with Crippen LogP contribution in [-0.2, 0) is 14.2 Å². The lowest BCUT2D eigenvalue weighted by molar-refractivity contribution is -0.292. The number of alkyl halides is 3. The van der Waals surface area contributed by atoms with E-state index in [2.05, 4.69) is 0 Å². The van der Waals surface area contributed by atoms with Crippen LogP contribution in [0.1, 0.15) is 0 Å². The van der Waals surface area contributed by atoms with Crippen LogP contribution in [0, 0.1) is 0 Å². The Labute approximate surface area is 148 Å². The minimum absolute atomic E-state index is 0.604. The zero-order chi connectivity index (χ0) is 15.6. The monoisotopic (exact) mass is 452 g/mol. The van der Waals surface area contributed by atoms with E-state index in [1.165, 1.54) is 0 Å². The van der Waals surface area contributed by atoms with Gasteiger partial charge in [-0.15, -0.1) is 44.3 Å². The van der Waals surface area contributed by atoms with Gasteiger partial charge in [-0.3, -0.25) is 0 Å². The summed E-state index contributed by atoms with van der Waals surface area (Å²) in [4.78, 5) is 0. The lowest BCUT2D eigenvalue weighted by Gasteiger charge is -2.23. The number of rotatable bonds is 3. The summed E-state index contributed by atoms with van der Waals surface area (Å²) in [5, 5.41) is -2.72. The molecular weight excluding hydrogens is 440 g/mol. The van der Waals surface area contributed by atoms with Crippen molar-refractivity contribution in [3.63, 3.8) is 0 Å². The smallest absolute Gasteiger partial charge is 0.336 e. The molecule has 0 unspecified atom stereocenters. The van der Waals surface area contributed by atoms with E-state index in [4.69, 9.17) is 93.3 Å². The topological polar surface area (TPSA) is 27.7 Å². The summed E-state index contributed by atoms with van der Waals surface area (Å²) in [6.45, 7) is 0. The summed E-state index contributed by atoms with van der Waals surface area (Å²) in [6.07, 6.45) is 0. The highest BCUT2D eigenvalue weighted by atomic mass is 36.0. The largest absolute Gasteiger partial charge is 0.440 e. The first-order valence-electron chi connectivity index (χ1n) is 4.16. The van der Waals surface area contributed by atoms with Crippen LogP contribution in [0.15, 0.2) is 0 Å². The molecule has 0 amide bonds. The van der Waals surface area contributed by atoms with E-state index in [1.54, 1.807) is 21.3 Å². The second-order valence-electron chi connectivity index (χ2n) is 2.68. The fraction of sp³-hybridized carbons (Fsp3) is 1.00. The van der Waals surface area contributed by atoms with Crippen molar-refractivity contribution in [3.8, 4) is 0 Å². The number of ether oxygens (including phenoxy) is 3. The third-order valence-electron chi connectivity index (χ3n) is 1.11. The summed E-state index contributed by atoms with van der Waals surface area (Å²) in [5.41, 5.74) is -0.736. The minimum atomic E-state index is -2.72. The minimum Gasteiger partial charge on any atom is -0.336 e. The molecule has 0 aliphatic carbocycles. The Morgan fingerprint density at radius 1 is 0.778 bits per heavy atom. The highest BCUT2D eigenvalue weighted by Gasteiger charge is 2.19. The van der Waals surface area contributed by atoms with Crippen molar-refractivity contribution in [2.45, 2.75) is 9.01 Å². The normalized spacial score (nSPS) is 12.3. The Morgan fingerprint density at radius 3 is 0.889 bits per heavy atom. The fourth-order valence-corrected chi connectivity index (χ4v) is 0.250. The molecule has 0 atom stereocenters. The van der Waals surface area contributed by atoms with Crippen LogP contribution in [0.3, 0.4) is 0 Å². The number of hydrogen-bond donors (Lipinski definition) is 0. The summed E-state index contributed by atoms with van der Waals surface area (Å²) in [7, 11) is 5.97. The lowest BCUT2D eigenvalue weighted by Crippen LogP contribution is -2.36. The van der Waals surface area contributed by atoms with Crippen LogP contribution in [0.2, 0.25) is 0 Å². The third-order valence-corrected chi connectivity index (χ3v) is 2.34. The lowest BCUT2D eigenvalue weighted by atomic mass is 11.1. The zero-order valence-electron chi connectivity index (χ0n) is 10.4. The Balaban J connectivity index is -0.000000197. The predicted molar refractivity (Wildman–Crippen MR) is 93.1 cm³/mol. The van der Waals surface area contributed by atoms with Gasteiger partial charge in [0.1, 0.15) is 10.2 Å². The van der Waals surface area contributed by atoms with Gasteiger partial charge in [0.05, 0.1) is 10.2 Å². The van der Waals surface area contributed by atoms with E-state index in [0.29, 0.717) is 20.5 Å². The van der Waals surface area contributed by atoms with Gasteiger partial charge >= 0.3 is 5.31 Å². The molecule has 0 aliphatic rings. The van der Waals surface area contributed by atoms with E-state index in [9.17, 15) is 0 Å². The maximum Gasteiger partial charge on any atom is 0.440 e. The fourth-order valence-electron chi connectivity index (χ4n) is 0.250. The molecule has 0 saturated heterocycles. The highest BCUT2D eigenvalue weighted by molar-refractivity contribution is 7.81. The SMILES string of the molecule is COC([SiH3])(OC)OC.Cl[Si](Cl)(Cl)Cl.[SiH3]C(Cl)(Cl)Cl. The van der Waals surface area contributed by atoms with Gasteiger partial charge in [0.2, 0.25) is 5.60 Å². The molecule has 0 fully saturated rings. The van der Waals surface area contributed by atoms with Crippen molar-refractivity contribution >= 4 is 105 Å². The molecule has 0 radical (unpaired) electrons. The van der Waals surface area contributed by atoms with E-state index in [-0.39, 0.29) is 0 Å². The molecule has 0 aromatic carbocycles. The van der Waals surface area contributed by atoms with Crippen molar-refractivity contribution in [3.05, 3.63) is 0 Å². The van der Waals surface area contributed by atoms with Crippen LogP contribution < -0.4 is 0 Å². The predicted octanol–water partition coefficient (Wildman–Crippen LogP) is 1.96. The standard InChI is InChI=1S/C4H12O3Si.CH3Cl3Si.Cl4Si/c1-5-4(8,6-2)7-3;2-1(3,4)5;1-5(2,3)4/h1-3,8H3;5H3;. The summed E-state index contributed by atoms with van der Waals surface area (Å²) in [5.74, 6) is 0. The summed E-state index contributed by atoms with van der Waals surface area (Å²) < 4.78 is 13.6. The van der Waals surface area contributed by atoms with Crippen molar-refractivity contribution in [1.82, 2.24) is 0 Å². The highest BCUT2D eigenvalue weighted by Crippen LogP contribution is 2.23. The van der Waals surface area contributed by atoms with Gasteiger partial charge in [0.25, 0.3) is 0 Å². The van der Waals surface area contributed by atoms with Gasteiger partial charge in [-0.1, -0.05) is 34.8 Å². The number of methoxy groups -OCH3 is 3. The molecule has 3 nitrogen and oxygen atoms in total. The molecule has 0 aliphatic heterocycles. The molecule has 114 valence electrons. The van der Waals surface area contributed by atoms with E-state index >= 15 is 0 Å². The van der Waals surface area contributed by atoms with Gasteiger partial charge in [-0.2, -0.15) is 0 Å². The first-order valence-corrected chi connectivity index (χ1v) is 13.3. The Bertz CT molecular complexity index is 161. The van der Waals surface area contributed by atoms with Crippen molar-refractivity contribution in [1.29, 1.82) is 0 Å². The molecule has 0 N–H and O–H groups in total. The Morgan fingerprint density at radius 2 is 0.889 bits per heavy atom. The van der Waals surface area contributed by atoms with Crippen LogP contribution in [0.5, 0.6) is 0 Å². The average molecular weight is 456 g/mol. The van der Waals surface area contributed by atoms with E-state index < -0.39 is 14.3 Å². The molecule has 13 heteroatoms. The number of halogens is 7. The van der Waals surface area contributed by atoms with Crippen LogP contribution in [-0.4, -0.2) is 56.1 Å². The first kappa shape index (κ1) is 25.5. The van der Waals surface area contributed by atoms with Crippen molar-refractivity contribution < 1.29 is 14.2 Å². The molecule has 18 heavy (non-hydrogen) atoms. The van der Waals surface area contributed by atoms with Crippen LogP contribution in [0.4, 0.5) is 0 Å². The maximum atomic E-state index is 5.12. The van der Waals surface area contributed by atoms with Gasteiger partial charge < -0.3 is 14.2 Å². The van der Waals surface area contributed by atoms with Crippen LogP contribution >= 0.6 is 79.1 Å². The number of hydrogen-bond acceptors (Lipinski definition) is 3. The first-order chi connectivity index (χ1) is 7.68. The molecule has 0 aromatic heterocycles. The zero-order valence-corrected chi connectivity index (χ0v) is 20.7. The van der Waals surface area contributed by atoms with Gasteiger partial charge in [-0.25, -0.2) is 0 Å². The third kappa shape index (κ3) is 42.8. The Kier molecular flexibility index (Phi) is 17.2. The molecule has 0 spiro atoms. The van der Waals surface area contributed by atoms with Crippen molar-refractivity contribution in [2.75, 3.05) is 21.3 Å². The van der Waals surface area contributed by atoms with E-state index in [0.717, 1.165) is 0 Å². The van der Waals surface area contributed by atoms with Gasteiger partial charge in [0.15, 0.2) is 3.42 Å². The quantitative estimate of drug-likeness (QED) is 0.282. The van der Waals surface area contributed by atoms with Gasteiger partial charge in [0, 0.05) is 21.3 Å². The average Bonchev–Trinajstić information content (AvgIpc) is 2.11. The van der Waals surface area contributed by atoms with E-state index in [1.807, 2.05) is 0 Å². The van der Waals surface area contributed by atoms with Gasteiger partial charge in [-0.05, 0) is 0 Å². The van der Waals surface area contributed by atoms with Crippen LogP contribution in [0.25, 0.3) is 0 Å². The molecular formula is C5H15Cl7O3Si3. The molecule has 0 saturated carbocycles. The van der Waals surface area contributed by atoms with Crippen molar-refractivity contribution in [2.24, 2.45) is 0 Å². The summed E-state index contributed by atoms with van der Waals surface area (Å²) >= 11 is 35.2. The molecule has 0 bridgehead atoms. The summed E-state index contributed by atoms with van der Waals surface area (Å²) in [6, 6.07) is 0.